The summed E-state index contributed by atoms with van der Waals surface area (Å²) in [5, 5.41) is 14.5. The van der Waals surface area contributed by atoms with Gasteiger partial charge in [0.25, 0.3) is 0 Å². The Balaban J connectivity index is 1.27. The van der Waals surface area contributed by atoms with Crippen molar-refractivity contribution >= 4 is 0 Å². The van der Waals surface area contributed by atoms with Gasteiger partial charge in [-0.05, 0) is 31.5 Å². The van der Waals surface area contributed by atoms with Gasteiger partial charge in [0, 0.05) is 18.7 Å². The fourth-order valence-electron chi connectivity index (χ4n) is 3.37. The van der Waals surface area contributed by atoms with Crippen molar-refractivity contribution in [3.63, 3.8) is 0 Å². The number of ether oxygens (including phenoxy) is 3. The lowest BCUT2D eigenvalue weighted by Crippen LogP contribution is -2.40. The molecular formula is C17H22N4O4. The van der Waals surface area contributed by atoms with Crippen LogP contribution in [0, 0.1) is 0 Å². The molecule has 0 aliphatic carbocycles. The summed E-state index contributed by atoms with van der Waals surface area (Å²) in [5.74, 6) is 2.07. The summed E-state index contributed by atoms with van der Waals surface area (Å²) in [6.45, 7) is 2.86. The molecule has 1 fully saturated rings. The highest BCUT2D eigenvalue weighted by molar-refractivity contribution is 5.46. The lowest BCUT2D eigenvalue weighted by atomic mass is 10.2. The monoisotopic (exact) mass is 346 g/mol. The van der Waals surface area contributed by atoms with Crippen molar-refractivity contribution in [1.29, 1.82) is 0 Å². The Kier molecular flexibility index (Phi) is 4.71. The first-order valence-electron chi connectivity index (χ1n) is 8.55. The van der Waals surface area contributed by atoms with Gasteiger partial charge in [-0.3, -0.25) is 9.58 Å². The minimum Gasteiger partial charge on any atom is -0.491 e. The molecule has 1 aromatic carbocycles. The van der Waals surface area contributed by atoms with Crippen LogP contribution in [-0.4, -0.2) is 63.4 Å². The fourth-order valence-corrected chi connectivity index (χ4v) is 3.37. The van der Waals surface area contributed by atoms with Gasteiger partial charge in [0.1, 0.15) is 31.1 Å². The van der Waals surface area contributed by atoms with Crippen LogP contribution < -0.4 is 14.2 Å². The van der Waals surface area contributed by atoms with Crippen molar-refractivity contribution in [3.05, 3.63) is 30.9 Å². The van der Waals surface area contributed by atoms with E-state index < -0.39 is 6.10 Å². The lowest BCUT2D eigenvalue weighted by Gasteiger charge is -2.26. The van der Waals surface area contributed by atoms with Gasteiger partial charge in [-0.1, -0.05) is 0 Å². The molecule has 8 nitrogen and oxygen atoms in total. The Morgan fingerprint density at radius 2 is 2.24 bits per heavy atom. The second-order valence-corrected chi connectivity index (χ2v) is 6.39. The standard InChI is InChI=1S/C17H22N4O4/c22-14(9-23-15-3-4-16-17(6-15)25-12-24-16)8-20-5-1-2-13(20)7-21-11-18-10-19-21/h3-4,6,10-11,13-14,22H,1-2,5,7-9,12H2/t13-,14-/m1/s1. The number of aliphatic hydroxyl groups excluding tert-OH is 1. The number of nitrogens with zero attached hydrogens (tertiary/aromatic N) is 4. The van der Waals surface area contributed by atoms with E-state index in [0.29, 0.717) is 24.1 Å². The van der Waals surface area contributed by atoms with Gasteiger partial charge in [0.2, 0.25) is 6.79 Å². The van der Waals surface area contributed by atoms with Crippen LogP contribution in [0.15, 0.2) is 30.9 Å². The van der Waals surface area contributed by atoms with Crippen LogP contribution in [0.4, 0.5) is 0 Å². The average Bonchev–Trinajstić information content (AvgIpc) is 3.35. The molecule has 1 N–H and O–H groups in total. The highest BCUT2D eigenvalue weighted by Gasteiger charge is 2.27. The largest absolute Gasteiger partial charge is 0.491 e. The van der Waals surface area contributed by atoms with E-state index in [4.69, 9.17) is 14.2 Å². The number of β-amino-alcohol motifs (C(OH)–C–C–N with tert-alkyl or cyclic N) is 1. The Morgan fingerprint density at radius 3 is 3.12 bits per heavy atom. The quantitative estimate of drug-likeness (QED) is 0.798. The highest BCUT2D eigenvalue weighted by atomic mass is 16.7. The minimum absolute atomic E-state index is 0.240. The molecule has 1 saturated heterocycles. The highest BCUT2D eigenvalue weighted by Crippen LogP contribution is 2.35. The van der Waals surface area contributed by atoms with Crippen molar-refractivity contribution in [1.82, 2.24) is 19.7 Å². The topological polar surface area (TPSA) is 81.9 Å². The number of rotatable bonds is 7. The molecule has 2 aromatic rings. The Hall–Kier alpha value is -2.32. The first-order chi connectivity index (χ1) is 12.3. The molecular weight excluding hydrogens is 324 g/mol. The van der Waals surface area contributed by atoms with Crippen LogP contribution in [0.5, 0.6) is 17.2 Å². The molecule has 134 valence electrons. The van der Waals surface area contributed by atoms with Crippen molar-refractivity contribution in [2.45, 2.75) is 31.5 Å². The van der Waals surface area contributed by atoms with Crippen LogP contribution in [0.2, 0.25) is 0 Å². The van der Waals surface area contributed by atoms with Crippen LogP contribution in [0.25, 0.3) is 0 Å². The van der Waals surface area contributed by atoms with Crippen LogP contribution in [0.3, 0.4) is 0 Å². The molecule has 0 radical (unpaired) electrons. The van der Waals surface area contributed by atoms with Gasteiger partial charge in [0.05, 0.1) is 6.54 Å². The molecule has 2 aliphatic rings. The number of aliphatic hydroxyl groups is 1. The Labute approximate surface area is 145 Å². The molecule has 0 bridgehead atoms. The molecule has 2 aliphatic heterocycles. The van der Waals surface area contributed by atoms with E-state index in [1.165, 1.54) is 0 Å². The van der Waals surface area contributed by atoms with Crippen LogP contribution in [-0.2, 0) is 6.54 Å². The maximum atomic E-state index is 10.4. The normalized spacial score (nSPS) is 20.8. The van der Waals surface area contributed by atoms with E-state index in [2.05, 4.69) is 15.0 Å². The summed E-state index contributed by atoms with van der Waals surface area (Å²) < 4.78 is 18.2. The molecule has 4 rings (SSSR count). The third-order valence-electron chi connectivity index (χ3n) is 4.60. The van der Waals surface area contributed by atoms with Gasteiger partial charge in [-0.2, -0.15) is 5.10 Å². The molecule has 3 heterocycles. The second-order valence-electron chi connectivity index (χ2n) is 6.39. The van der Waals surface area contributed by atoms with Crippen LogP contribution >= 0.6 is 0 Å². The Morgan fingerprint density at radius 1 is 1.32 bits per heavy atom. The van der Waals surface area contributed by atoms with Crippen molar-refractivity contribution < 1.29 is 19.3 Å². The minimum atomic E-state index is -0.554. The summed E-state index contributed by atoms with van der Waals surface area (Å²) in [4.78, 5) is 6.28. The zero-order valence-corrected chi connectivity index (χ0v) is 14.0. The molecule has 0 unspecified atom stereocenters. The van der Waals surface area contributed by atoms with Gasteiger partial charge < -0.3 is 19.3 Å². The maximum absolute atomic E-state index is 10.4. The SMILES string of the molecule is O[C@@H](COc1ccc2c(c1)OCO2)CN1CCC[C@@H]1Cn1cncn1. The van der Waals surface area contributed by atoms with Gasteiger partial charge in [0.15, 0.2) is 11.5 Å². The van der Waals surface area contributed by atoms with Gasteiger partial charge in [-0.25, -0.2) is 4.98 Å². The molecule has 0 saturated carbocycles. The van der Waals surface area contributed by atoms with E-state index in [0.717, 1.165) is 31.7 Å². The second kappa shape index (κ2) is 7.28. The number of benzene rings is 1. The summed E-state index contributed by atoms with van der Waals surface area (Å²) in [5.41, 5.74) is 0. The van der Waals surface area contributed by atoms with Crippen LogP contribution in [0.1, 0.15) is 12.8 Å². The van der Waals surface area contributed by atoms with Crippen molar-refractivity contribution in [2.75, 3.05) is 26.5 Å². The molecule has 1 aromatic heterocycles. The number of aromatic nitrogens is 3. The number of likely N-dealkylation sites (tertiary alicyclic amines) is 1. The average molecular weight is 346 g/mol. The van der Waals surface area contributed by atoms with E-state index in [1.807, 2.05) is 16.8 Å². The number of hydrogen-bond acceptors (Lipinski definition) is 7. The van der Waals surface area contributed by atoms with Crippen molar-refractivity contribution in [2.24, 2.45) is 0 Å². The Bertz CT molecular complexity index is 694. The summed E-state index contributed by atoms with van der Waals surface area (Å²) in [6.07, 6.45) is 4.97. The van der Waals surface area contributed by atoms with E-state index in [9.17, 15) is 5.11 Å². The molecule has 2 atom stereocenters. The van der Waals surface area contributed by atoms with E-state index in [-0.39, 0.29) is 13.4 Å². The predicted molar refractivity (Wildman–Crippen MR) is 88.7 cm³/mol. The van der Waals surface area contributed by atoms with Crippen molar-refractivity contribution in [3.8, 4) is 17.2 Å². The lowest BCUT2D eigenvalue weighted by molar-refractivity contribution is 0.0609. The molecule has 25 heavy (non-hydrogen) atoms. The first kappa shape index (κ1) is 16.2. The number of hydrogen-bond donors (Lipinski definition) is 1. The maximum Gasteiger partial charge on any atom is 0.231 e. The smallest absolute Gasteiger partial charge is 0.231 e. The zero-order chi connectivity index (χ0) is 17.1. The van der Waals surface area contributed by atoms with Gasteiger partial charge >= 0.3 is 0 Å². The predicted octanol–water partition coefficient (Wildman–Crippen LogP) is 0.911. The fraction of sp³-hybridized carbons (Fsp3) is 0.529. The molecule has 0 amide bonds. The first-order valence-corrected chi connectivity index (χ1v) is 8.55. The summed E-state index contributed by atoms with van der Waals surface area (Å²) in [7, 11) is 0. The molecule has 0 spiro atoms. The summed E-state index contributed by atoms with van der Waals surface area (Å²) >= 11 is 0. The zero-order valence-electron chi connectivity index (χ0n) is 14.0. The third-order valence-corrected chi connectivity index (χ3v) is 4.60. The summed E-state index contributed by atoms with van der Waals surface area (Å²) in [6, 6.07) is 5.81. The van der Waals surface area contributed by atoms with Gasteiger partial charge in [-0.15, -0.1) is 0 Å². The third kappa shape index (κ3) is 3.85. The van der Waals surface area contributed by atoms with E-state index >= 15 is 0 Å². The van der Waals surface area contributed by atoms with E-state index in [1.54, 1.807) is 18.7 Å². The molecule has 8 heteroatoms. The number of fused-ring (bicyclic) bond motifs is 1.